The minimum Gasteiger partial charge on any atom is -0.496 e. The van der Waals surface area contributed by atoms with Gasteiger partial charge in [-0.15, -0.1) is 0 Å². The number of benzene rings is 3. The van der Waals surface area contributed by atoms with Crippen LogP contribution < -0.4 is 18.9 Å². The zero-order chi connectivity index (χ0) is 32.8. The minimum atomic E-state index is -3.27. The van der Waals surface area contributed by atoms with Crippen molar-refractivity contribution in [3.63, 3.8) is 0 Å². The maximum Gasteiger partial charge on any atom is 0.407 e. The first-order chi connectivity index (χ1) is 22.2. The van der Waals surface area contributed by atoms with Gasteiger partial charge in [-0.2, -0.15) is 0 Å². The van der Waals surface area contributed by atoms with Crippen LogP contribution in [0.15, 0.2) is 72.8 Å². The number of likely N-dealkylation sites (tertiary alicyclic amines) is 1. The summed E-state index contributed by atoms with van der Waals surface area (Å²) >= 11 is 0. The number of rotatable bonds is 18. The quantitative estimate of drug-likeness (QED) is 0.187. The Hall–Kier alpha value is -3.84. The number of carboxylic acid groups (broad SMARTS) is 1. The Labute approximate surface area is 271 Å². The zero-order valence-corrected chi connectivity index (χ0v) is 27.2. The lowest BCUT2D eigenvalue weighted by atomic mass is 9.87. The molecule has 1 saturated heterocycles. The van der Waals surface area contributed by atoms with Crippen LogP contribution in [0.4, 0.5) is 4.79 Å². The average molecular weight is 657 g/mol. The summed E-state index contributed by atoms with van der Waals surface area (Å²) in [4.78, 5) is 13.1. The molecule has 250 valence electrons. The number of nitrogens with zero attached hydrogens (tertiary/aromatic N) is 1. The van der Waals surface area contributed by atoms with Crippen molar-refractivity contribution >= 4 is 16.1 Å². The predicted molar refractivity (Wildman–Crippen MR) is 174 cm³/mol. The maximum absolute atomic E-state index is 11.7. The van der Waals surface area contributed by atoms with Crippen LogP contribution in [0.1, 0.15) is 35.4 Å². The first kappa shape index (κ1) is 35.0. The fourth-order valence-electron chi connectivity index (χ4n) is 5.38. The average Bonchev–Trinajstić information content (AvgIpc) is 3.05. The number of para-hydroxylation sites is 2. The van der Waals surface area contributed by atoms with Gasteiger partial charge >= 0.3 is 6.09 Å². The Morgan fingerprint density at radius 2 is 1.63 bits per heavy atom. The van der Waals surface area contributed by atoms with E-state index in [-0.39, 0.29) is 38.3 Å². The molecule has 1 aliphatic rings. The highest BCUT2D eigenvalue weighted by molar-refractivity contribution is 7.88. The van der Waals surface area contributed by atoms with E-state index in [0.717, 1.165) is 40.9 Å². The molecule has 1 fully saturated rings. The smallest absolute Gasteiger partial charge is 0.407 e. The molecule has 0 radical (unpaired) electrons. The summed E-state index contributed by atoms with van der Waals surface area (Å²) in [5.41, 5.74) is 2.95. The highest BCUT2D eigenvalue weighted by Gasteiger charge is 2.33. The van der Waals surface area contributed by atoms with Crippen molar-refractivity contribution < 1.29 is 42.0 Å². The number of hydrogen-bond donors (Lipinski definition) is 2. The van der Waals surface area contributed by atoms with E-state index >= 15 is 0 Å². The van der Waals surface area contributed by atoms with Gasteiger partial charge in [0.05, 0.1) is 52.4 Å². The third-order valence-corrected chi connectivity index (χ3v) is 8.42. The molecule has 46 heavy (non-hydrogen) atoms. The number of ether oxygens (including phenoxy) is 5. The van der Waals surface area contributed by atoms with Gasteiger partial charge in [0.15, 0.2) is 0 Å². The van der Waals surface area contributed by atoms with Crippen LogP contribution in [-0.4, -0.2) is 90.0 Å². The predicted octanol–water partition coefficient (Wildman–Crippen LogP) is 4.70. The highest BCUT2D eigenvalue weighted by atomic mass is 32.2. The Morgan fingerprint density at radius 1 is 0.913 bits per heavy atom. The van der Waals surface area contributed by atoms with Crippen molar-refractivity contribution in [2.75, 3.05) is 59.4 Å². The van der Waals surface area contributed by atoms with E-state index in [4.69, 9.17) is 23.7 Å². The van der Waals surface area contributed by atoms with E-state index < -0.39 is 16.1 Å². The fraction of sp³-hybridized carbons (Fsp3) is 0.441. The summed E-state index contributed by atoms with van der Waals surface area (Å²) in [6.45, 7) is 3.06. The maximum atomic E-state index is 11.7. The minimum absolute atomic E-state index is 0.0161. The van der Waals surface area contributed by atoms with Crippen molar-refractivity contribution in [2.24, 2.45) is 0 Å². The number of hydrogen-bond acceptors (Lipinski definition) is 8. The Bertz CT molecular complexity index is 1480. The molecule has 2 atom stereocenters. The highest BCUT2D eigenvalue weighted by Crippen LogP contribution is 2.32. The van der Waals surface area contributed by atoms with Crippen LogP contribution in [-0.2, 0) is 32.5 Å². The molecule has 0 aliphatic carbocycles. The Morgan fingerprint density at radius 3 is 2.35 bits per heavy atom. The number of carbonyl (C=O) groups is 1. The molecule has 3 aromatic rings. The molecule has 0 saturated carbocycles. The van der Waals surface area contributed by atoms with Crippen LogP contribution >= 0.6 is 0 Å². The lowest BCUT2D eigenvalue weighted by Gasteiger charge is -2.37. The molecule has 11 nitrogen and oxygen atoms in total. The number of piperidine rings is 1. The summed E-state index contributed by atoms with van der Waals surface area (Å²) in [7, 11) is -1.62. The van der Waals surface area contributed by atoms with E-state index in [2.05, 4.69) is 4.72 Å². The summed E-state index contributed by atoms with van der Waals surface area (Å²) in [5, 5.41) is 9.61. The van der Waals surface area contributed by atoms with Crippen LogP contribution in [0.3, 0.4) is 0 Å². The SMILES string of the molecule is COc1ccccc1COCCCOc1ccc(C2CCN(C(=O)O)CC2OCCOc2ccccc2CCNS(C)(=O)=O)cc1. The topological polar surface area (TPSA) is 133 Å². The Kier molecular flexibility index (Phi) is 13.5. The zero-order valence-electron chi connectivity index (χ0n) is 26.4. The Balaban J connectivity index is 1.24. The number of amides is 1. The third kappa shape index (κ3) is 11.2. The standard InChI is InChI=1S/C34H44N2O9S/c1-41-31-10-5-4-9-28(31)25-42-20-7-21-43-29-14-12-26(13-15-29)30-17-19-36(34(37)38)24-33(30)45-23-22-44-32-11-6-3-8-27(32)16-18-35-46(2,39)40/h3-6,8-15,30,33,35H,7,16-25H2,1-2H3,(H,37,38). The molecule has 1 aliphatic heterocycles. The summed E-state index contributed by atoms with van der Waals surface area (Å²) in [6.07, 6.45) is 1.69. The second kappa shape index (κ2) is 17.7. The number of sulfonamides is 1. The van der Waals surface area contributed by atoms with Crippen molar-refractivity contribution in [1.82, 2.24) is 9.62 Å². The molecular formula is C34H44N2O9S. The van der Waals surface area contributed by atoms with Crippen LogP contribution in [0, 0.1) is 0 Å². The summed E-state index contributed by atoms with van der Waals surface area (Å²) in [6, 6.07) is 23.2. The number of nitrogens with one attached hydrogen (secondary N) is 1. The van der Waals surface area contributed by atoms with Crippen LogP contribution in [0.5, 0.6) is 17.2 Å². The molecule has 4 rings (SSSR count). The van der Waals surface area contributed by atoms with Gasteiger partial charge in [-0.1, -0.05) is 48.5 Å². The second-order valence-corrected chi connectivity index (χ2v) is 12.9. The van der Waals surface area contributed by atoms with E-state index in [0.29, 0.717) is 45.0 Å². The van der Waals surface area contributed by atoms with Crippen molar-refractivity contribution in [1.29, 1.82) is 0 Å². The van der Waals surface area contributed by atoms with E-state index in [1.807, 2.05) is 72.8 Å². The van der Waals surface area contributed by atoms with Gasteiger partial charge in [0, 0.05) is 31.0 Å². The molecule has 3 aromatic carbocycles. The molecule has 0 aromatic heterocycles. The van der Waals surface area contributed by atoms with E-state index in [1.165, 1.54) is 4.90 Å². The van der Waals surface area contributed by atoms with Gasteiger partial charge in [0.2, 0.25) is 10.0 Å². The largest absolute Gasteiger partial charge is 0.496 e. The van der Waals surface area contributed by atoms with Gasteiger partial charge in [-0.05, 0) is 48.2 Å². The van der Waals surface area contributed by atoms with Crippen LogP contribution in [0.2, 0.25) is 0 Å². The molecule has 1 amide bonds. The van der Waals surface area contributed by atoms with E-state index in [9.17, 15) is 18.3 Å². The van der Waals surface area contributed by atoms with Gasteiger partial charge in [0.25, 0.3) is 0 Å². The molecule has 12 heteroatoms. The molecular weight excluding hydrogens is 612 g/mol. The third-order valence-electron chi connectivity index (χ3n) is 7.69. The van der Waals surface area contributed by atoms with Crippen molar-refractivity contribution in [3.8, 4) is 17.2 Å². The molecule has 0 spiro atoms. The first-order valence-corrected chi connectivity index (χ1v) is 17.3. The van der Waals surface area contributed by atoms with Gasteiger partial charge in [-0.25, -0.2) is 17.9 Å². The monoisotopic (exact) mass is 656 g/mol. The van der Waals surface area contributed by atoms with Crippen molar-refractivity contribution in [2.45, 2.75) is 37.9 Å². The summed E-state index contributed by atoms with van der Waals surface area (Å²) < 4.78 is 54.5. The fourth-order valence-corrected chi connectivity index (χ4v) is 5.85. The lowest BCUT2D eigenvalue weighted by Crippen LogP contribution is -2.46. The van der Waals surface area contributed by atoms with Gasteiger partial charge in [0.1, 0.15) is 23.9 Å². The second-order valence-electron chi connectivity index (χ2n) is 11.0. The van der Waals surface area contributed by atoms with Crippen molar-refractivity contribution in [3.05, 3.63) is 89.5 Å². The van der Waals surface area contributed by atoms with Crippen LogP contribution in [0.25, 0.3) is 0 Å². The first-order valence-electron chi connectivity index (χ1n) is 15.4. The normalized spacial score (nSPS) is 16.6. The lowest BCUT2D eigenvalue weighted by molar-refractivity contribution is -0.0207. The van der Waals surface area contributed by atoms with Gasteiger partial charge < -0.3 is 33.7 Å². The molecule has 2 unspecified atom stereocenters. The molecule has 2 N–H and O–H groups in total. The molecule has 0 bridgehead atoms. The summed E-state index contributed by atoms with van der Waals surface area (Å²) in [5.74, 6) is 2.25. The van der Waals surface area contributed by atoms with Gasteiger partial charge in [-0.3, -0.25) is 0 Å². The number of methoxy groups -OCH3 is 1. The molecule has 1 heterocycles. The van der Waals surface area contributed by atoms with E-state index in [1.54, 1.807) is 7.11 Å².